The van der Waals surface area contributed by atoms with Crippen molar-refractivity contribution in [3.05, 3.63) is 53.1 Å². The van der Waals surface area contributed by atoms with Gasteiger partial charge >= 0.3 is 0 Å². The largest absolute Gasteiger partial charge is 0.244 e. The van der Waals surface area contributed by atoms with E-state index in [1.807, 2.05) is 18.3 Å². The molecule has 3 heteroatoms. The Morgan fingerprint density at radius 2 is 2.06 bits per heavy atom. The predicted molar refractivity (Wildman–Crippen MR) is 70.1 cm³/mol. The van der Waals surface area contributed by atoms with E-state index >= 15 is 0 Å². The van der Waals surface area contributed by atoms with E-state index in [0.717, 1.165) is 10.8 Å². The van der Waals surface area contributed by atoms with Crippen LogP contribution >= 0.6 is 22.9 Å². The third kappa shape index (κ3) is 1.60. The molecule has 0 spiro atoms. The Morgan fingerprint density at radius 3 is 2.88 bits per heavy atom. The van der Waals surface area contributed by atoms with E-state index in [1.54, 1.807) is 11.3 Å². The van der Waals surface area contributed by atoms with Gasteiger partial charge in [-0.1, -0.05) is 35.9 Å². The number of thiophene rings is 1. The van der Waals surface area contributed by atoms with Crippen molar-refractivity contribution in [1.29, 1.82) is 0 Å². The summed E-state index contributed by atoms with van der Waals surface area (Å²) in [7, 11) is 0. The minimum atomic E-state index is 0.538. The molecule has 0 amide bonds. The minimum Gasteiger partial charge on any atom is -0.244 e. The lowest BCUT2D eigenvalue weighted by molar-refractivity contribution is 1.36. The van der Waals surface area contributed by atoms with Gasteiger partial charge in [-0.15, -0.1) is 11.3 Å². The van der Waals surface area contributed by atoms with Gasteiger partial charge in [-0.2, -0.15) is 0 Å². The van der Waals surface area contributed by atoms with E-state index in [2.05, 4.69) is 34.6 Å². The third-order valence-electron chi connectivity index (χ3n) is 2.52. The molecule has 16 heavy (non-hydrogen) atoms. The van der Waals surface area contributed by atoms with Crippen LogP contribution in [0, 0.1) is 0 Å². The van der Waals surface area contributed by atoms with Crippen molar-refractivity contribution in [3.63, 3.8) is 0 Å². The van der Waals surface area contributed by atoms with Crippen molar-refractivity contribution in [2.24, 2.45) is 0 Å². The molecule has 2 aromatic heterocycles. The highest BCUT2D eigenvalue weighted by atomic mass is 35.5. The second kappa shape index (κ2) is 3.89. The van der Waals surface area contributed by atoms with Gasteiger partial charge in [-0.25, -0.2) is 4.98 Å². The number of pyridine rings is 1. The number of fused-ring (bicyclic) bond motifs is 1. The summed E-state index contributed by atoms with van der Waals surface area (Å²) in [4.78, 5) is 5.41. The summed E-state index contributed by atoms with van der Waals surface area (Å²) in [6.45, 7) is 0. The molecule has 0 saturated carbocycles. The standard InChI is InChI=1S/C13H8ClNS/c14-13-7-9-3-1-4-10(11(9)8-15-13)12-5-2-6-16-12/h1-8H. The Balaban J connectivity index is 2.34. The Hall–Kier alpha value is -1.38. The van der Waals surface area contributed by atoms with Gasteiger partial charge < -0.3 is 0 Å². The van der Waals surface area contributed by atoms with Crippen LogP contribution in [0.5, 0.6) is 0 Å². The predicted octanol–water partition coefficient (Wildman–Crippen LogP) is 4.62. The van der Waals surface area contributed by atoms with Crippen LogP contribution < -0.4 is 0 Å². The van der Waals surface area contributed by atoms with Gasteiger partial charge in [0.05, 0.1) is 0 Å². The molecule has 3 rings (SSSR count). The highest BCUT2D eigenvalue weighted by Gasteiger charge is 2.04. The molecule has 0 unspecified atom stereocenters. The zero-order chi connectivity index (χ0) is 11.0. The van der Waals surface area contributed by atoms with Gasteiger partial charge in [0.25, 0.3) is 0 Å². The fraction of sp³-hybridized carbons (Fsp3) is 0. The van der Waals surface area contributed by atoms with Crippen LogP contribution in [0.1, 0.15) is 0 Å². The second-order valence-corrected chi connectivity index (χ2v) is 4.85. The summed E-state index contributed by atoms with van der Waals surface area (Å²) < 4.78 is 0. The lowest BCUT2D eigenvalue weighted by Gasteiger charge is -2.04. The highest BCUT2D eigenvalue weighted by Crippen LogP contribution is 2.31. The Labute approximate surface area is 102 Å². The first kappa shape index (κ1) is 9.82. The SMILES string of the molecule is Clc1cc2cccc(-c3cccs3)c2cn1. The number of rotatable bonds is 1. The molecule has 0 aliphatic rings. The maximum Gasteiger partial charge on any atom is 0.129 e. The lowest BCUT2D eigenvalue weighted by atomic mass is 10.1. The van der Waals surface area contributed by atoms with Crippen LogP contribution in [0.25, 0.3) is 21.2 Å². The molecule has 3 aromatic rings. The van der Waals surface area contributed by atoms with Crippen LogP contribution in [0.2, 0.25) is 5.15 Å². The first-order valence-corrected chi connectivity index (χ1v) is 6.18. The van der Waals surface area contributed by atoms with Gasteiger partial charge in [0.1, 0.15) is 5.15 Å². The quantitative estimate of drug-likeness (QED) is 0.570. The molecule has 1 aromatic carbocycles. The average Bonchev–Trinajstić information content (AvgIpc) is 2.81. The topological polar surface area (TPSA) is 12.9 Å². The maximum atomic E-state index is 5.89. The summed E-state index contributed by atoms with van der Waals surface area (Å²) in [6, 6.07) is 12.3. The Kier molecular flexibility index (Phi) is 2.39. The Bertz CT molecular complexity index is 631. The number of aromatic nitrogens is 1. The van der Waals surface area contributed by atoms with Crippen LogP contribution in [0.3, 0.4) is 0 Å². The molecular weight excluding hydrogens is 238 g/mol. The number of nitrogens with zero attached hydrogens (tertiary/aromatic N) is 1. The highest BCUT2D eigenvalue weighted by molar-refractivity contribution is 7.13. The molecule has 2 heterocycles. The number of hydrogen-bond acceptors (Lipinski definition) is 2. The van der Waals surface area contributed by atoms with Crippen molar-refractivity contribution in [2.45, 2.75) is 0 Å². The van der Waals surface area contributed by atoms with Gasteiger partial charge in [-0.3, -0.25) is 0 Å². The fourth-order valence-corrected chi connectivity index (χ4v) is 2.72. The summed E-state index contributed by atoms with van der Waals surface area (Å²) in [5.74, 6) is 0. The molecule has 0 aliphatic carbocycles. The maximum absolute atomic E-state index is 5.89. The van der Waals surface area contributed by atoms with E-state index < -0.39 is 0 Å². The van der Waals surface area contributed by atoms with Gasteiger partial charge in [0, 0.05) is 22.0 Å². The molecule has 0 radical (unpaired) electrons. The first-order chi connectivity index (χ1) is 7.84. The van der Waals surface area contributed by atoms with Crippen molar-refractivity contribution >= 4 is 33.7 Å². The number of hydrogen-bond donors (Lipinski definition) is 0. The smallest absolute Gasteiger partial charge is 0.129 e. The molecule has 1 nitrogen and oxygen atoms in total. The van der Waals surface area contributed by atoms with E-state index in [9.17, 15) is 0 Å². The van der Waals surface area contributed by atoms with Crippen molar-refractivity contribution < 1.29 is 0 Å². The molecule has 78 valence electrons. The second-order valence-electron chi connectivity index (χ2n) is 3.51. The number of benzene rings is 1. The minimum absolute atomic E-state index is 0.538. The molecule has 0 N–H and O–H groups in total. The zero-order valence-electron chi connectivity index (χ0n) is 8.35. The summed E-state index contributed by atoms with van der Waals surface area (Å²) >= 11 is 7.62. The Morgan fingerprint density at radius 1 is 1.12 bits per heavy atom. The molecule has 0 fully saturated rings. The van der Waals surface area contributed by atoms with Crippen molar-refractivity contribution in [2.75, 3.05) is 0 Å². The van der Waals surface area contributed by atoms with Gasteiger partial charge in [-0.05, 0) is 22.9 Å². The zero-order valence-corrected chi connectivity index (χ0v) is 9.92. The molecule has 0 atom stereocenters. The van der Waals surface area contributed by atoms with Gasteiger partial charge in [0.2, 0.25) is 0 Å². The van der Waals surface area contributed by atoms with Crippen molar-refractivity contribution in [3.8, 4) is 10.4 Å². The third-order valence-corrected chi connectivity index (χ3v) is 3.63. The summed E-state index contributed by atoms with van der Waals surface area (Å²) in [6.07, 6.45) is 1.84. The summed E-state index contributed by atoms with van der Waals surface area (Å²) in [5, 5.41) is 4.90. The molecule has 0 aliphatic heterocycles. The van der Waals surface area contributed by atoms with E-state index in [4.69, 9.17) is 11.6 Å². The monoisotopic (exact) mass is 245 g/mol. The van der Waals surface area contributed by atoms with Crippen LogP contribution in [-0.4, -0.2) is 4.98 Å². The average molecular weight is 246 g/mol. The summed E-state index contributed by atoms with van der Waals surface area (Å²) in [5.41, 5.74) is 1.22. The number of halogens is 1. The first-order valence-electron chi connectivity index (χ1n) is 4.93. The molecule has 0 bridgehead atoms. The molecular formula is C13H8ClNS. The van der Waals surface area contributed by atoms with Crippen LogP contribution in [0.4, 0.5) is 0 Å². The van der Waals surface area contributed by atoms with Crippen LogP contribution in [0.15, 0.2) is 48.0 Å². The van der Waals surface area contributed by atoms with E-state index in [1.165, 1.54) is 10.4 Å². The van der Waals surface area contributed by atoms with Crippen molar-refractivity contribution in [1.82, 2.24) is 4.98 Å². The molecule has 0 saturated heterocycles. The fourth-order valence-electron chi connectivity index (χ4n) is 1.79. The van der Waals surface area contributed by atoms with E-state index in [0.29, 0.717) is 5.15 Å². The van der Waals surface area contributed by atoms with Crippen LogP contribution in [-0.2, 0) is 0 Å². The van der Waals surface area contributed by atoms with E-state index in [-0.39, 0.29) is 0 Å². The normalized spacial score (nSPS) is 10.8. The lowest BCUT2D eigenvalue weighted by Crippen LogP contribution is -1.81. The van der Waals surface area contributed by atoms with Gasteiger partial charge in [0.15, 0.2) is 0 Å².